The summed E-state index contributed by atoms with van der Waals surface area (Å²) < 4.78 is 5.42. The summed E-state index contributed by atoms with van der Waals surface area (Å²) in [7, 11) is 0. The fourth-order valence-electron chi connectivity index (χ4n) is 2.58. The third-order valence-electron chi connectivity index (χ3n) is 3.77. The van der Waals surface area contributed by atoms with Crippen molar-refractivity contribution in [1.82, 2.24) is 15.0 Å². The lowest BCUT2D eigenvalue weighted by molar-refractivity contribution is -0.118. The first-order valence-electron chi connectivity index (χ1n) is 7.60. The predicted molar refractivity (Wildman–Crippen MR) is 93.0 cm³/mol. The van der Waals surface area contributed by atoms with Gasteiger partial charge in [0.25, 0.3) is 0 Å². The topological polar surface area (TPSA) is 95.6 Å². The molecule has 0 radical (unpaired) electrons. The number of para-hydroxylation sites is 2. The van der Waals surface area contributed by atoms with E-state index in [1.807, 2.05) is 47.8 Å². The molecule has 1 aromatic carbocycles. The fraction of sp³-hybridized carbons (Fsp3) is 0.111. The molecule has 0 bridgehead atoms. The zero-order chi connectivity index (χ0) is 17.2. The van der Waals surface area contributed by atoms with Crippen LogP contribution in [0.25, 0.3) is 21.8 Å². The van der Waals surface area contributed by atoms with E-state index in [2.05, 4.69) is 15.0 Å². The molecule has 0 saturated carbocycles. The second-order valence-electron chi connectivity index (χ2n) is 5.47. The highest BCUT2D eigenvalue weighted by atomic mass is 32.1. The van der Waals surface area contributed by atoms with E-state index in [9.17, 15) is 10.1 Å². The van der Waals surface area contributed by atoms with Crippen LogP contribution in [0.1, 0.15) is 17.4 Å². The molecule has 1 N–H and O–H groups in total. The number of benzene rings is 1. The lowest BCUT2D eigenvalue weighted by Gasteiger charge is -2.03. The number of nitrogens with one attached hydrogen (secondary N) is 1. The zero-order valence-corrected chi connectivity index (χ0v) is 13.8. The van der Waals surface area contributed by atoms with Crippen LogP contribution in [0.2, 0.25) is 0 Å². The first kappa shape index (κ1) is 15.3. The number of aromatic nitrogens is 3. The smallest absolute Gasteiger partial charge is 0.236 e. The van der Waals surface area contributed by atoms with E-state index in [0.29, 0.717) is 17.4 Å². The molecule has 1 atom stereocenters. The van der Waals surface area contributed by atoms with Crippen molar-refractivity contribution in [2.24, 2.45) is 0 Å². The molecule has 0 aliphatic carbocycles. The normalized spacial score (nSPS) is 12.1. The number of carbonyl (C=O) groups is 1. The maximum atomic E-state index is 12.6. The molecule has 6 nitrogen and oxygen atoms in total. The van der Waals surface area contributed by atoms with Gasteiger partial charge in [0.05, 0.1) is 34.1 Å². The van der Waals surface area contributed by atoms with Crippen LogP contribution in [-0.2, 0) is 11.2 Å². The number of Topliss-reactive ketones (excluding diaryl/α,β-unsaturated/α-hetero) is 1. The van der Waals surface area contributed by atoms with Gasteiger partial charge in [0.15, 0.2) is 11.7 Å². The number of aromatic amines is 1. The van der Waals surface area contributed by atoms with Crippen LogP contribution in [0.4, 0.5) is 0 Å². The quantitative estimate of drug-likeness (QED) is 0.593. The maximum absolute atomic E-state index is 12.6. The highest BCUT2D eigenvalue weighted by Crippen LogP contribution is 2.25. The Morgan fingerprint density at radius 2 is 2.16 bits per heavy atom. The molecule has 3 aromatic heterocycles. The summed E-state index contributed by atoms with van der Waals surface area (Å²) in [6.45, 7) is 0. The van der Waals surface area contributed by atoms with E-state index in [4.69, 9.17) is 4.42 Å². The summed E-state index contributed by atoms with van der Waals surface area (Å²) in [6, 6.07) is 13.3. The van der Waals surface area contributed by atoms with Gasteiger partial charge in [-0.15, -0.1) is 11.3 Å². The van der Waals surface area contributed by atoms with Crippen LogP contribution >= 0.6 is 11.3 Å². The summed E-state index contributed by atoms with van der Waals surface area (Å²) in [5.74, 6) is -0.396. The predicted octanol–water partition coefficient (Wildman–Crippen LogP) is 3.70. The molecule has 7 heteroatoms. The number of H-pyrrole nitrogens is 1. The minimum Gasteiger partial charge on any atom is -0.444 e. The van der Waals surface area contributed by atoms with Gasteiger partial charge in [0.1, 0.15) is 12.1 Å². The minimum atomic E-state index is -0.964. The molecule has 25 heavy (non-hydrogen) atoms. The van der Waals surface area contributed by atoms with Gasteiger partial charge in [0.2, 0.25) is 5.89 Å². The maximum Gasteiger partial charge on any atom is 0.236 e. The number of ketones is 1. The summed E-state index contributed by atoms with van der Waals surface area (Å²) in [5, 5.41) is 11.4. The van der Waals surface area contributed by atoms with Crippen molar-refractivity contribution in [3.8, 4) is 16.8 Å². The van der Waals surface area contributed by atoms with E-state index in [1.165, 1.54) is 17.6 Å². The molecular formula is C18H12N4O2S. The van der Waals surface area contributed by atoms with Crippen molar-refractivity contribution in [3.63, 3.8) is 0 Å². The van der Waals surface area contributed by atoms with Crippen LogP contribution in [0.3, 0.4) is 0 Å². The monoisotopic (exact) mass is 348 g/mol. The number of nitrogens with zero attached hydrogens (tertiary/aromatic N) is 3. The van der Waals surface area contributed by atoms with Gasteiger partial charge >= 0.3 is 0 Å². The average Bonchev–Trinajstić information content (AvgIpc) is 3.35. The Kier molecular flexibility index (Phi) is 3.88. The van der Waals surface area contributed by atoms with Crippen LogP contribution in [0.15, 0.2) is 52.5 Å². The molecule has 0 unspecified atom stereocenters. The van der Waals surface area contributed by atoms with Gasteiger partial charge in [-0.2, -0.15) is 5.26 Å². The van der Waals surface area contributed by atoms with Crippen molar-refractivity contribution in [1.29, 1.82) is 5.26 Å². The number of carbonyl (C=O) groups excluding carboxylic acids is 1. The minimum absolute atomic E-state index is 0.0180. The molecule has 122 valence electrons. The molecule has 0 amide bonds. The number of hydrogen-bond acceptors (Lipinski definition) is 6. The molecule has 4 aromatic rings. The van der Waals surface area contributed by atoms with Gasteiger partial charge in [-0.3, -0.25) is 4.79 Å². The van der Waals surface area contributed by atoms with Gasteiger partial charge in [0, 0.05) is 0 Å². The summed E-state index contributed by atoms with van der Waals surface area (Å²) in [4.78, 5) is 25.2. The highest BCUT2D eigenvalue weighted by Gasteiger charge is 2.25. The van der Waals surface area contributed by atoms with Crippen molar-refractivity contribution < 1.29 is 9.21 Å². The van der Waals surface area contributed by atoms with E-state index in [0.717, 1.165) is 15.9 Å². The molecule has 4 rings (SSSR count). The summed E-state index contributed by atoms with van der Waals surface area (Å²) in [6.07, 6.45) is 1.48. The van der Waals surface area contributed by atoms with Crippen LogP contribution in [0.5, 0.6) is 0 Å². The Morgan fingerprint density at radius 3 is 2.92 bits per heavy atom. The van der Waals surface area contributed by atoms with E-state index >= 15 is 0 Å². The Balaban J connectivity index is 1.55. The number of thiophene rings is 1. The van der Waals surface area contributed by atoms with Crippen molar-refractivity contribution in [2.45, 2.75) is 12.3 Å². The molecule has 3 heterocycles. The fourth-order valence-corrected chi connectivity index (χ4v) is 3.23. The lowest BCUT2D eigenvalue weighted by Crippen LogP contribution is -2.15. The Labute approximate surface area is 146 Å². The van der Waals surface area contributed by atoms with Gasteiger partial charge in [-0.25, -0.2) is 9.97 Å². The number of hydrogen-bond donors (Lipinski definition) is 1. The second-order valence-corrected chi connectivity index (χ2v) is 6.41. The standard InChI is InChI=1S/C18H12N4O2S/c19-9-12(17-21-13-4-1-2-5-14(13)22-17)15(23)8-11-10-24-18(20-11)16-6-3-7-25-16/h1-7,10,12H,8H2,(H,21,22)/t12-/m0/s1. The van der Waals surface area contributed by atoms with Crippen molar-refractivity contribution in [3.05, 3.63) is 59.6 Å². The number of fused-ring (bicyclic) bond motifs is 1. The zero-order valence-electron chi connectivity index (χ0n) is 13.0. The Bertz CT molecular complexity index is 1040. The largest absolute Gasteiger partial charge is 0.444 e. The number of imidazole rings is 1. The van der Waals surface area contributed by atoms with E-state index in [-0.39, 0.29) is 12.2 Å². The lowest BCUT2D eigenvalue weighted by atomic mass is 10.0. The third-order valence-corrected chi connectivity index (χ3v) is 4.63. The molecular weight excluding hydrogens is 336 g/mol. The number of oxazole rings is 1. The van der Waals surface area contributed by atoms with Crippen LogP contribution < -0.4 is 0 Å². The highest BCUT2D eigenvalue weighted by molar-refractivity contribution is 7.13. The van der Waals surface area contributed by atoms with E-state index < -0.39 is 5.92 Å². The Morgan fingerprint density at radius 1 is 1.28 bits per heavy atom. The molecule has 0 saturated heterocycles. The summed E-state index contributed by atoms with van der Waals surface area (Å²) in [5.41, 5.74) is 2.03. The number of nitriles is 1. The molecule has 0 spiro atoms. The molecule has 0 aliphatic rings. The molecule has 0 aliphatic heterocycles. The number of rotatable bonds is 5. The van der Waals surface area contributed by atoms with E-state index in [1.54, 1.807) is 0 Å². The first-order valence-corrected chi connectivity index (χ1v) is 8.48. The van der Waals surface area contributed by atoms with Crippen LogP contribution in [-0.4, -0.2) is 20.7 Å². The summed E-state index contributed by atoms with van der Waals surface area (Å²) >= 11 is 1.51. The van der Waals surface area contributed by atoms with Gasteiger partial charge in [-0.1, -0.05) is 18.2 Å². The van der Waals surface area contributed by atoms with Gasteiger partial charge < -0.3 is 9.40 Å². The average molecular weight is 348 g/mol. The second kappa shape index (κ2) is 6.34. The van der Waals surface area contributed by atoms with Crippen molar-refractivity contribution >= 4 is 28.2 Å². The van der Waals surface area contributed by atoms with Gasteiger partial charge in [-0.05, 0) is 23.6 Å². The first-order chi connectivity index (χ1) is 12.2. The SMILES string of the molecule is N#C[C@@H](C(=O)Cc1coc(-c2cccs2)n1)c1nc2ccccc2[nH]1. The van der Waals surface area contributed by atoms with Crippen LogP contribution in [0, 0.1) is 11.3 Å². The molecule has 0 fully saturated rings. The van der Waals surface area contributed by atoms with Crippen molar-refractivity contribution in [2.75, 3.05) is 0 Å². The third kappa shape index (κ3) is 2.95. The Hall–Kier alpha value is -3.24.